The van der Waals surface area contributed by atoms with Crippen LogP contribution in [0.25, 0.3) is 27.4 Å². The molecule has 4 aromatic rings. The van der Waals surface area contributed by atoms with Crippen LogP contribution in [0.4, 0.5) is 0 Å². The number of nitrogens with zero attached hydrogens (tertiary/aromatic N) is 4. The van der Waals surface area contributed by atoms with E-state index in [1.54, 1.807) is 12.4 Å². The van der Waals surface area contributed by atoms with E-state index in [1.807, 2.05) is 60.9 Å². The van der Waals surface area contributed by atoms with Gasteiger partial charge in [-0.2, -0.15) is 4.98 Å². The molecule has 0 saturated heterocycles. The molecule has 0 atom stereocenters. The first-order valence-corrected chi connectivity index (χ1v) is 9.42. The van der Waals surface area contributed by atoms with E-state index < -0.39 is 0 Å². The maximum Gasteiger partial charge on any atom is 0.237 e. The third-order valence-electron chi connectivity index (χ3n) is 3.68. The van der Waals surface area contributed by atoms with Crippen molar-refractivity contribution in [3.8, 4) is 23.0 Å². The van der Waals surface area contributed by atoms with Crippen molar-refractivity contribution in [2.75, 3.05) is 0 Å². The van der Waals surface area contributed by atoms with Gasteiger partial charge in [0.1, 0.15) is 4.70 Å². The molecule has 26 heavy (non-hydrogen) atoms. The minimum Gasteiger partial charge on any atom is -0.474 e. The van der Waals surface area contributed by atoms with Gasteiger partial charge in [-0.15, -0.1) is 0 Å². The van der Waals surface area contributed by atoms with Gasteiger partial charge < -0.3 is 4.74 Å². The number of fused-ring (bicyclic) bond motifs is 1. The summed E-state index contributed by atoms with van der Waals surface area (Å²) >= 11 is 7.07. The number of ether oxygens (including phenoxy) is 1. The number of thiazole rings is 1. The summed E-state index contributed by atoms with van der Waals surface area (Å²) in [6, 6.07) is 13.8. The number of para-hydroxylation sites is 1. The van der Waals surface area contributed by atoms with Crippen LogP contribution in [0.3, 0.4) is 0 Å². The van der Waals surface area contributed by atoms with Gasteiger partial charge in [0.25, 0.3) is 0 Å². The summed E-state index contributed by atoms with van der Waals surface area (Å²) in [4.78, 5) is 13.6. The SMILES string of the molecule is CC(C)Oc1nc(-c2cccnc2)nc2c1sc(=S)n2-c1ccccc1. The maximum absolute atomic E-state index is 5.97. The Morgan fingerprint density at radius 3 is 2.58 bits per heavy atom. The Hall–Kier alpha value is -2.64. The van der Waals surface area contributed by atoms with Gasteiger partial charge in [-0.3, -0.25) is 9.55 Å². The Morgan fingerprint density at radius 1 is 1.08 bits per heavy atom. The predicted molar refractivity (Wildman–Crippen MR) is 107 cm³/mol. The fourth-order valence-electron chi connectivity index (χ4n) is 2.61. The second-order valence-electron chi connectivity index (χ2n) is 5.95. The molecule has 0 fully saturated rings. The van der Waals surface area contributed by atoms with Crippen molar-refractivity contribution in [1.29, 1.82) is 0 Å². The molecule has 3 aromatic heterocycles. The molecule has 4 rings (SSSR count). The van der Waals surface area contributed by atoms with E-state index >= 15 is 0 Å². The van der Waals surface area contributed by atoms with Crippen molar-refractivity contribution in [3.63, 3.8) is 0 Å². The molecule has 0 unspecified atom stereocenters. The zero-order valence-electron chi connectivity index (χ0n) is 14.3. The summed E-state index contributed by atoms with van der Waals surface area (Å²) in [5.74, 6) is 1.12. The highest BCUT2D eigenvalue weighted by molar-refractivity contribution is 7.73. The molecular weight excluding hydrogens is 364 g/mol. The molecular formula is C19H16N4OS2. The minimum absolute atomic E-state index is 0.00399. The average molecular weight is 380 g/mol. The van der Waals surface area contributed by atoms with Crippen molar-refractivity contribution in [2.24, 2.45) is 0 Å². The lowest BCUT2D eigenvalue weighted by Gasteiger charge is -2.11. The highest BCUT2D eigenvalue weighted by Crippen LogP contribution is 2.34. The van der Waals surface area contributed by atoms with Crippen molar-refractivity contribution < 1.29 is 4.74 Å². The second kappa shape index (κ2) is 6.93. The number of rotatable bonds is 4. The standard InChI is InChI=1S/C19H16N4OS2/c1-12(2)24-18-15-17(21-16(22-18)13-7-6-10-20-11-13)23(19(25)26-15)14-8-4-3-5-9-14/h3-12H,1-2H3. The molecule has 0 saturated carbocycles. The normalized spacial score (nSPS) is 11.2. The molecule has 0 spiro atoms. The fourth-order valence-corrected chi connectivity index (χ4v) is 3.92. The summed E-state index contributed by atoms with van der Waals surface area (Å²) in [5, 5.41) is 0. The third-order valence-corrected chi connectivity index (χ3v) is 5.03. The van der Waals surface area contributed by atoms with E-state index in [1.165, 1.54) is 11.3 Å². The summed E-state index contributed by atoms with van der Waals surface area (Å²) in [7, 11) is 0. The van der Waals surface area contributed by atoms with Crippen LogP contribution in [0, 0.1) is 3.95 Å². The highest BCUT2D eigenvalue weighted by Gasteiger charge is 2.18. The molecule has 1 aromatic carbocycles. The van der Waals surface area contributed by atoms with Crippen LogP contribution in [-0.2, 0) is 0 Å². The minimum atomic E-state index is -0.00399. The molecule has 0 bridgehead atoms. The van der Waals surface area contributed by atoms with E-state index in [0.29, 0.717) is 15.7 Å². The van der Waals surface area contributed by atoms with Gasteiger partial charge in [-0.1, -0.05) is 29.5 Å². The Balaban J connectivity index is 2.02. The number of pyridine rings is 1. The Labute approximate surface area is 160 Å². The number of aromatic nitrogens is 4. The topological polar surface area (TPSA) is 52.8 Å². The number of hydrogen-bond acceptors (Lipinski definition) is 6. The predicted octanol–water partition coefficient (Wildman–Crippen LogP) is 5.06. The smallest absolute Gasteiger partial charge is 0.237 e. The van der Waals surface area contributed by atoms with Crippen LogP contribution >= 0.6 is 23.6 Å². The highest BCUT2D eigenvalue weighted by atomic mass is 32.1. The van der Waals surface area contributed by atoms with Gasteiger partial charge in [0, 0.05) is 23.6 Å². The average Bonchev–Trinajstić information content (AvgIpc) is 2.99. The first-order valence-electron chi connectivity index (χ1n) is 8.19. The fraction of sp³-hybridized carbons (Fsp3) is 0.158. The van der Waals surface area contributed by atoms with Crippen molar-refractivity contribution in [3.05, 3.63) is 58.8 Å². The van der Waals surface area contributed by atoms with E-state index in [-0.39, 0.29) is 6.10 Å². The Bertz CT molecular complexity index is 1110. The lowest BCUT2D eigenvalue weighted by atomic mass is 10.2. The summed E-state index contributed by atoms with van der Waals surface area (Å²) in [6.07, 6.45) is 3.47. The first kappa shape index (κ1) is 16.8. The van der Waals surface area contributed by atoms with Crippen molar-refractivity contribution >= 4 is 33.9 Å². The van der Waals surface area contributed by atoms with Gasteiger partial charge in [0.2, 0.25) is 5.88 Å². The lowest BCUT2D eigenvalue weighted by Crippen LogP contribution is -2.08. The van der Waals surface area contributed by atoms with Gasteiger partial charge in [-0.05, 0) is 50.3 Å². The van der Waals surface area contributed by atoms with Crippen molar-refractivity contribution in [2.45, 2.75) is 20.0 Å². The zero-order chi connectivity index (χ0) is 18.1. The summed E-state index contributed by atoms with van der Waals surface area (Å²) in [5.41, 5.74) is 2.55. The summed E-state index contributed by atoms with van der Waals surface area (Å²) in [6.45, 7) is 3.95. The molecule has 0 aliphatic carbocycles. The van der Waals surface area contributed by atoms with Crippen LogP contribution in [-0.4, -0.2) is 25.6 Å². The number of hydrogen-bond donors (Lipinski definition) is 0. The zero-order valence-corrected chi connectivity index (χ0v) is 15.9. The van der Waals surface area contributed by atoms with Gasteiger partial charge in [0.05, 0.1) is 6.10 Å². The van der Waals surface area contributed by atoms with Crippen LogP contribution in [0.5, 0.6) is 5.88 Å². The lowest BCUT2D eigenvalue weighted by molar-refractivity contribution is 0.236. The van der Waals surface area contributed by atoms with Gasteiger partial charge in [-0.25, -0.2) is 4.98 Å². The molecule has 7 heteroatoms. The largest absolute Gasteiger partial charge is 0.474 e. The van der Waals surface area contributed by atoms with E-state index in [0.717, 1.165) is 21.6 Å². The Kier molecular flexibility index (Phi) is 4.48. The second-order valence-corrected chi connectivity index (χ2v) is 7.60. The van der Waals surface area contributed by atoms with Crippen molar-refractivity contribution in [1.82, 2.24) is 19.5 Å². The van der Waals surface area contributed by atoms with E-state index in [4.69, 9.17) is 21.9 Å². The molecule has 0 aliphatic rings. The van der Waals surface area contributed by atoms with Crippen LogP contribution in [0.1, 0.15) is 13.8 Å². The molecule has 130 valence electrons. The van der Waals surface area contributed by atoms with Crippen LogP contribution in [0.2, 0.25) is 0 Å². The van der Waals surface area contributed by atoms with E-state index in [9.17, 15) is 0 Å². The maximum atomic E-state index is 5.97. The first-order chi connectivity index (χ1) is 12.6. The van der Waals surface area contributed by atoms with Crippen LogP contribution < -0.4 is 4.74 Å². The van der Waals surface area contributed by atoms with E-state index in [2.05, 4.69) is 9.97 Å². The van der Waals surface area contributed by atoms with Gasteiger partial charge >= 0.3 is 0 Å². The molecule has 0 N–H and O–H groups in total. The quantitative estimate of drug-likeness (QED) is 0.463. The third kappa shape index (κ3) is 3.11. The monoisotopic (exact) mass is 380 g/mol. The molecule has 5 nitrogen and oxygen atoms in total. The Morgan fingerprint density at radius 2 is 1.88 bits per heavy atom. The molecule has 0 aliphatic heterocycles. The molecule has 0 amide bonds. The molecule has 0 radical (unpaired) electrons. The van der Waals surface area contributed by atoms with Gasteiger partial charge in [0.15, 0.2) is 15.4 Å². The molecule has 3 heterocycles. The summed E-state index contributed by atoms with van der Waals surface area (Å²) < 4.78 is 9.49. The van der Waals surface area contributed by atoms with Crippen LogP contribution in [0.15, 0.2) is 54.9 Å². The number of benzene rings is 1.